The fourth-order valence-corrected chi connectivity index (χ4v) is 5.30. The molecule has 1 aliphatic heterocycles. The Hall–Kier alpha value is -4.26. The summed E-state index contributed by atoms with van der Waals surface area (Å²) in [6.45, 7) is 11.5. The molecular weight excluding hydrogens is 518 g/mol. The molecule has 41 heavy (non-hydrogen) atoms. The van der Waals surface area contributed by atoms with E-state index >= 15 is 0 Å². The minimum atomic E-state index is -0.717. The summed E-state index contributed by atoms with van der Waals surface area (Å²) in [5.74, 6) is 1.60. The average molecular weight is 556 g/mol. The van der Waals surface area contributed by atoms with Crippen LogP contribution in [0.1, 0.15) is 78.9 Å². The minimum absolute atomic E-state index is 0.0579. The van der Waals surface area contributed by atoms with Crippen molar-refractivity contribution in [2.45, 2.75) is 59.9 Å². The molecule has 2 heterocycles. The Morgan fingerprint density at radius 3 is 2.24 bits per heavy atom. The molecule has 214 valence electrons. The molecule has 0 saturated heterocycles. The molecule has 7 nitrogen and oxygen atoms in total. The Balaban J connectivity index is 1.67. The van der Waals surface area contributed by atoms with Crippen LogP contribution in [0.15, 0.2) is 63.8 Å². The zero-order valence-corrected chi connectivity index (χ0v) is 24.4. The van der Waals surface area contributed by atoms with Crippen LogP contribution in [0.25, 0.3) is 11.0 Å². The summed E-state index contributed by atoms with van der Waals surface area (Å²) in [5, 5.41) is 0.458. The second-order valence-corrected chi connectivity index (χ2v) is 10.3. The van der Waals surface area contributed by atoms with E-state index < -0.39 is 6.04 Å². The number of ether oxygens (including phenoxy) is 3. The van der Waals surface area contributed by atoms with E-state index in [1.54, 1.807) is 4.90 Å². The van der Waals surface area contributed by atoms with Crippen LogP contribution >= 0.6 is 0 Å². The maximum atomic E-state index is 14.1. The third kappa shape index (κ3) is 5.41. The number of amides is 1. The van der Waals surface area contributed by atoms with Crippen LogP contribution in [0.2, 0.25) is 0 Å². The third-order valence-corrected chi connectivity index (χ3v) is 7.50. The van der Waals surface area contributed by atoms with Crippen LogP contribution in [0.4, 0.5) is 5.69 Å². The maximum Gasteiger partial charge on any atom is 0.295 e. The first kappa shape index (κ1) is 28.3. The van der Waals surface area contributed by atoms with Crippen molar-refractivity contribution in [1.29, 1.82) is 0 Å². The number of nitrogens with zero attached hydrogens (tertiary/aromatic N) is 1. The summed E-state index contributed by atoms with van der Waals surface area (Å²) >= 11 is 0. The van der Waals surface area contributed by atoms with Gasteiger partial charge in [0, 0.05) is 5.69 Å². The van der Waals surface area contributed by atoms with Crippen molar-refractivity contribution in [2.75, 3.05) is 24.7 Å². The number of aryl methyl sites for hydroxylation is 2. The van der Waals surface area contributed by atoms with Crippen LogP contribution in [0.3, 0.4) is 0 Å². The van der Waals surface area contributed by atoms with Crippen molar-refractivity contribution < 1.29 is 23.4 Å². The van der Waals surface area contributed by atoms with E-state index in [0.717, 1.165) is 36.0 Å². The van der Waals surface area contributed by atoms with E-state index in [2.05, 4.69) is 6.92 Å². The minimum Gasteiger partial charge on any atom is -0.494 e. The number of carbonyl (C=O) groups is 1. The quantitative estimate of drug-likeness (QED) is 0.178. The van der Waals surface area contributed by atoms with Crippen molar-refractivity contribution >= 4 is 22.6 Å². The van der Waals surface area contributed by atoms with Gasteiger partial charge in [0.1, 0.15) is 11.3 Å². The van der Waals surface area contributed by atoms with Gasteiger partial charge in [0.2, 0.25) is 5.76 Å². The summed E-state index contributed by atoms with van der Waals surface area (Å²) in [6, 6.07) is 15.9. The third-order valence-electron chi connectivity index (χ3n) is 7.50. The molecule has 0 fully saturated rings. The molecule has 3 aromatic carbocycles. The lowest BCUT2D eigenvalue weighted by Gasteiger charge is -2.26. The number of hydrogen-bond acceptors (Lipinski definition) is 6. The number of benzene rings is 3. The van der Waals surface area contributed by atoms with Gasteiger partial charge in [0.15, 0.2) is 16.9 Å². The van der Waals surface area contributed by atoms with E-state index in [4.69, 9.17) is 18.6 Å². The molecule has 0 radical (unpaired) electrons. The van der Waals surface area contributed by atoms with Crippen molar-refractivity contribution in [3.63, 3.8) is 0 Å². The number of hydrogen-bond donors (Lipinski definition) is 0. The number of fused-ring (bicyclic) bond motifs is 2. The lowest BCUT2D eigenvalue weighted by molar-refractivity contribution is 0.0971. The van der Waals surface area contributed by atoms with E-state index in [-0.39, 0.29) is 17.1 Å². The standard InChI is InChI=1S/C34H37NO6/c1-6-9-10-17-40-27-16-11-23(20-29(27)39-8-3)31-30-32(36)26-18-21(4)22(5)19-28(26)41-33(30)34(37)35(31)24-12-14-25(15-13-24)38-7-2/h11-16,18-20,31H,6-10,17H2,1-5H3. The molecule has 4 aromatic rings. The van der Waals surface area contributed by atoms with Gasteiger partial charge in [-0.2, -0.15) is 0 Å². The van der Waals surface area contributed by atoms with Gasteiger partial charge in [-0.25, -0.2) is 0 Å². The van der Waals surface area contributed by atoms with Crippen molar-refractivity contribution in [1.82, 2.24) is 0 Å². The number of unbranched alkanes of at least 4 members (excludes halogenated alkanes) is 2. The van der Waals surface area contributed by atoms with Crippen LogP contribution < -0.4 is 24.5 Å². The SMILES string of the molecule is CCCCCOc1ccc(C2c3c(oc4cc(C)c(C)cc4c3=O)C(=O)N2c2ccc(OCC)cc2)cc1OCC. The molecule has 0 aliphatic carbocycles. The highest BCUT2D eigenvalue weighted by molar-refractivity contribution is 6.10. The Morgan fingerprint density at radius 1 is 0.805 bits per heavy atom. The molecule has 0 bridgehead atoms. The van der Waals surface area contributed by atoms with Crippen molar-refractivity contribution in [3.05, 3.63) is 92.8 Å². The lowest BCUT2D eigenvalue weighted by atomic mass is 9.97. The van der Waals surface area contributed by atoms with Gasteiger partial charge in [-0.15, -0.1) is 0 Å². The molecule has 0 spiro atoms. The predicted octanol–water partition coefficient (Wildman–Crippen LogP) is 7.53. The Kier molecular flexibility index (Phi) is 8.34. The molecule has 7 heteroatoms. The van der Waals surface area contributed by atoms with Crippen LogP contribution in [-0.2, 0) is 0 Å². The summed E-state index contributed by atoms with van der Waals surface area (Å²) in [6.07, 6.45) is 3.14. The number of rotatable bonds is 11. The van der Waals surface area contributed by atoms with Gasteiger partial charge in [-0.1, -0.05) is 25.8 Å². The van der Waals surface area contributed by atoms with Crippen LogP contribution in [0.5, 0.6) is 17.2 Å². The highest BCUT2D eigenvalue weighted by atomic mass is 16.5. The largest absolute Gasteiger partial charge is 0.494 e. The summed E-state index contributed by atoms with van der Waals surface area (Å²) < 4.78 is 23.9. The molecule has 5 rings (SSSR count). The summed E-state index contributed by atoms with van der Waals surface area (Å²) in [7, 11) is 0. The Labute approximate surface area is 240 Å². The van der Waals surface area contributed by atoms with Gasteiger partial charge < -0.3 is 18.6 Å². The summed E-state index contributed by atoms with van der Waals surface area (Å²) in [4.78, 5) is 29.7. The molecule has 1 aliphatic rings. The van der Waals surface area contributed by atoms with E-state index in [1.807, 2.05) is 82.3 Å². The zero-order valence-electron chi connectivity index (χ0n) is 24.4. The molecule has 0 saturated carbocycles. The normalized spacial score (nSPS) is 14.4. The number of carbonyl (C=O) groups excluding carboxylic acids is 1. The number of anilines is 1. The van der Waals surface area contributed by atoms with Gasteiger partial charge in [-0.05, 0) is 99.3 Å². The zero-order chi connectivity index (χ0) is 29.1. The molecule has 1 aromatic heterocycles. The summed E-state index contributed by atoms with van der Waals surface area (Å²) in [5.41, 5.74) is 3.84. The Morgan fingerprint density at radius 2 is 1.54 bits per heavy atom. The monoisotopic (exact) mass is 555 g/mol. The van der Waals surface area contributed by atoms with Gasteiger partial charge in [-0.3, -0.25) is 14.5 Å². The second kappa shape index (κ2) is 12.1. The fourth-order valence-electron chi connectivity index (χ4n) is 5.30. The van der Waals surface area contributed by atoms with E-state index in [1.165, 1.54) is 0 Å². The second-order valence-electron chi connectivity index (χ2n) is 10.3. The van der Waals surface area contributed by atoms with Crippen LogP contribution in [-0.4, -0.2) is 25.7 Å². The molecule has 1 atom stereocenters. The predicted molar refractivity (Wildman–Crippen MR) is 161 cm³/mol. The van der Waals surface area contributed by atoms with Gasteiger partial charge in [0.25, 0.3) is 5.91 Å². The molecule has 1 unspecified atom stereocenters. The Bertz CT molecular complexity index is 1620. The average Bonchev–Trinajstić information content (AvgIpc) is 3.26. The first-order valence-electron chi connectivity index (χ1n) is 14.4. The topological polar surface area (TPSA) is 78.2 Å². The smallest absolute Gasteiger partial charge is 0.295 e. The highest BCUT2D eigenvalue weighted by Gasteiger charge is 2.44. The van der Waals surface area contributed by atoms with Gasteiger partial charge in [0.05, 0.1) is 36.8 Å². The molecule has 1 amide bonds. The maximum absolute atomic E-state index is 14.1. The van der Waals surface area contributed by atoms with Crippen molar-refractivity contribution in [2.24, 2.45) is 0 Å². The fraction of sp³-hybridized carbons (Fsp3) is 0.353. The van der Waals surface area contributed by atoms with Crippen LogP contribution in [0, 0.1) is 13.8 Å². The van der Waals surface area contributed by atoms with E-state index in [0.29, 0.717) is 59.3 Å². The van der Waals surface area contributed by atoms with E-state index in [9.17, 15) is 9.59 Å². The lowest BCUT2D eigenvalue weighted by Crippen LogP contribution is -2.29. The molecule has 0 N–H and O–H groups in total. The van der Waals surface area contributed by atoms with Gasteiger partial charge >= 0.3 is 0 Å². The first-order valence-corrected chi connectivity index (χ1v) is 14.4. The molecular formula is C34H37NO6. The highest BCUT2D eigenvalue weighted by Crippen LogP contribution is 2.43. The van der Waals surface area contributed by atoms with Crippen molar-refractivity contribution in [3.8, 4) is 17.2 Å². The first-order chi connectivity index (χ1) is 19.9.